The van der Waals surface area contributed by atoms with Gasteiger partial charge in [-0.05, 0) is 36.6 Å². The first-order valence-electron chi connectivity index (χ1n) is 6.02. The van der Waals surface area contributed by atoms with Crippen LogP contribution >= 0.6 is 23.2 Å². The van der Waals surface area contributed by atoms with Crippen LogP contribution in [0.25, 0.3) is 0 Å². The highest BCUT2D eigenvalue weighted by atomic mass is 35.5. The number of hydrogen-bond acceptors (Lipinski definition) is 2. The number of hydrogen-bond donors (Lipinski definition) is 1. The van der Waals surface area contributed by atoms with E-state index in [1.165, 1.54) is 11.1 Å². The smallest absolute Gasteiger partial charge is 0.0481 e. The zero-order valence-electron chi connectivity index (χ0n) is 10.2. The maximum atomic E-state index is 6.26. The molecule has 2 rings (SSSR count). The van der Waals surface area contributed by atoms with Gasteiger partial charge in [-0.25, -0.2) is 0 Å². The highest BCUT2D eigenvalue weighted by Crippen LogP contribution is 2.40. The fourth-order valence-corrected chi connectivity index (χ4v) is 3.09. The summed E-state index contributed by atoms with van der Waals surface area (Å²) in [5.41, 5.74) is 8.29. The zero-order chi connectivity index (χ0) is 12.6. The third kappa shape index (κ3) is 2.32. The molecule has 0 bridgehead atoms. The van der Waals surface area contributed by atoms with E-state index in [1.54, 1.807) is 0 Å². The topological polar surface area (TPSA) is 29.3 Å². The Morgan fingerprint density at radius 1 is 1.47 bits per heavy atom. The minimum absolute atomic E-state index is 0.246. The molecule has 1 aromatic carbocycles. The van der Waals surface area contributed by atoms with Crippen molar-refractivity contribution in [1.29, 1.82) is 0 Å². The van der Waals surface area contributed by atoms with E-state index in [0.717, 1.165) is 18.0 Å². The van der Waals surface area contributed by atoms with Gasteiger partial charge in [-0.2, -0.15) is 0 Å². The minimum atomic E-state index is 0.246. The van der Waals surface area contributed by atoms with Gasteiger partial charge >= 0.3 is 0 Å². The van der Waals surface area contributed by atoms with Crippen molar-refractivity contribution in [2.75, 3.05) is 6.54 Å². The standard InChI is InChI=1S/C13H18Cl2N2/c1-3-8(2)17-7-11-10(13(17)6-16)4-9(14)5-12(11)15/h4-5,8,13H,3,6-7,16H2,1-2H3. The van der Waals surface area contributed by atoms with Gasteiger partial charge in [0, 0.05) is 35.2 Å². The highest BCUT2D eigenvalue weighted by Gasteiger charge is 2.33. The Morgan fingerprint density at radius 3 is 2.76 bits per heavy atom. The summed E-state index contributed by atoms with van der Waals surface area (Å²) in [7, 11) is 0. The van der Waals surface area contributed by atoms with Gasteiger partial charge in [-0.3, -0.25) is 4.90 Å². The molecule has 1 aliphatic rings. The van der Waals surface area contributed by atoms with Gasteiger partial charge in [0.1, 0.15) is 0 Å². The molecule has 0 aliphatic carbocycles. The monoisotopic (exact) mass is 272 g/mol. The van der Waals surface area contributed by atoms with E-state index in [0.29, 0.717) is 17.6 Å². The number of rotatable bonds is 3. The lowest BCUT2D eigenvalue weighted by molar-refractivity contribution is 0.157. The van der Waals surface area contributed by atoms with Crippen molar-refractivity contribution in [3.8, 4) is 0 Å². The van der Waals surface area contributed by atoms with Gasteiger partial charge in [0.15, 0.2) is 0 Å². The molecule has 2 N–H and O–H groups in total. The molecule has 94 valence electrons. The molecule has 2 unspecified atom stereocenters. The SMILES string of the molecule is CCC(C)N1Cc2c(Cl)cc(Cl)cc2C1CN. The molecule has 0 aromatic heterocycles. The third-order valence-electron chi connectivity index (χ3n) is 3.68. The number of benzene rings is 1. The van der Waals surface area contributed by atoms with Crippen molar-refractivity contribution >= 4 is 23.2 Å². The van der Waals surface area contributed by atoms with Crippen LogP contribution in [-0.4, -0.2) is 17.5 Å². The molecule has 17 heavy (non-hydrogen) atoms. The van der Waals surface area contributed by atoms with Gasteiger partial charge in [0.05, 0.1) is 0 Å². The van der Waals surface area contributed by atoms with Crippen molar-refractivity contribution in [2.45, 2.75) is 38.9 Å². The number of nitrogens with two attached hydrogens (primary N) is 1. The second-order valence-corrected chi connectivity index (χ2v) is 5.48. The fraction of sp³-hybridized carbons (Fsp3) is 0.538. The number of halogens is 2. The summed E-state index contributed by atoms with van der Waals surface area (Å²) in [5.74, 6) is 0. The minimum Gasteiger partial charge on any atom is -0.329 e. The lowest BCUT2D eigenvalue weighted by Gasteiger charge is -2.29. The second-order valence-electron chi connectivity index (χ2n) is 4.64. The maximum Gasteiger partial charge on any atom is 0.0481 e. The molecule has 0 saturated carbocycles. The Bertz CT molecular complexity index is 420. The normalized spacial score (nSPS) is 21.6. The molecule has 4 heteroatoms. The molecule has 0 fully saturated rings. The summed E-state index contributed by atoms with van der Waals surface area (Å²) in [4.78, 5) is 2.41. The average Bonchev–Trinajstić information content (AvgIpc) is 2.66. The summed E-state index contributed by atoms with van der Waals surface area (Å²) in [6, 6.07) is 4.57. The van der Waals surface area contributed by atoms with E-state index in [-0.39, 0.29) is 6.04 Å². The first-order chi connectivity index (χ1) is 8.08. The summed E-state index contributed by atoms with van der Waals surface area (Å²) >= 11 is 12.3. The van der Waals surface area contributed by atoms with Crippen LogP contribution in [0.15, 0.2) is 12.1 Å². The van der Waals surface area contributed by atoms with Crippen LogP contribution in [0.4, 0.5) is 0 Å². The Balaban J connectivity index is 2.41. The molecular formula is C13H18Cl2N2. The predicted molar refractivity (Wildman–Crippen MR) is 73.6 cm³/mol. The van der Waals surface area contributed by atoms with Crippen LogP contribution in [-0.2, 0) is 6.54 Å². The maximum absolute atomic E-state index is 6.26. The van der Waals surface area contributed by atoms with Crippen molar-refractivity contribution in [2.24, 2.45) is 5.73 Å². The molecule has 0 spiro atoms. The Hall–Kier alpha value is -0.280. The third-order valence-corrected chi connectivity index (χ3v) is 4.23. The summed E-state index contributed by atoms with van der Waals surface area (Å²) in [6.07, 6.45) is 1.11. The van der Waals surface area contributed by atoms with Crippen LogP contribution in [0.5, 0.6) is 0 Å². The van der Waals surface area contributed by atoms with Crippen LogP contribution in [0.3, 0.4) is 0 Å². The van der Waals surface area contributed by atoms with E-state index in [1.807, 2.05) is 12.1 Å². The van der Waals surface area contributed by atoms with Gasteiger partial charge in [-0.1, -0.05) is 30.1 Å². The van der Waals surface area contributed by atoms with E-state index >= 15 is 0 Å². The van der Waals surface area contributed by atoms with Crippen molar-refractivity contribution in [3.05, 3.63) is 33.3 Å². The molecule has 0 radical (unpaired) electrons. The number of fused-ring (bicyclic) bond motifs is 1. The van der Waals surface area contributed by atoms with Crippen LogP contribution < -0.4 is 5.73 Å². The van der Waals surface area contributed by atoms with Crippen LogP contribution in [0.2, 0.25) is 10.0 Å². The molecule has 2 nitrogen and oxygen atoms in total. The molecule has 1 aromatic rings. The average molecular weight is 273 g/mol. The molecule has 0 amide bonds. The van der Waals surface area contributed by atoms with E-state index in [2.05, 4.69) is 18.7 Å². The summed E-state index contributed by atoms with van der Waals surface area (Å²) in [5, 5.41) is 1.45. The Kier molecular flexibility index (Phi) is 3.99. The van der Waals surface area contributed by atoms with E-state index in [9.17, 15) is 0 Å². The van der Waals surface area contributed by atoms with Gasteiger partial charge in [0.25, 0.3) is 0 Å². The van der Waals surface area contributed by atoms with Gasteiger partial charge < -0.3 is 5.73 Å². The van der Waals surface area contributed by atoms with Crippen molar-refractivity contribution < 1.29 is 0 Å². The van der Waals surface area contributed by atoms with Gasteiger partial charge in [-0.15, -0.1) is 0 Å². The van der Waals surface area contributed by atoms with Crippen LogP contribution in [0.1, 0.15) is 37.4 Å². The van der Waals surface area contributed by atoms with E-state index in [4.69, 9.17) is 28.9 Å². The largest absolute Gasteiger partial charge is 0.329 e. The molecule has 1 heterocycles. The first-order valence-corrected chi connectivity index (χ1v) is 6.77. The molecule has 0 saturated heterocycles. The summed E-state index contributed by atoms with van der Waals surface area (Å²) < 4.78 is 0. The molecule has 1 aliphatic heterocycles. The van der Waals surface area contributed by atoms with Gasteiger partial charge in [0.2, 0.25) is 0 Å². The molecule has 2 atom stereocenters. The van der Waals surface area contributed by atoms with Crippen LogP contribution in [0, 0.1) is 0 Å². The Labute approximate surface area is 113 Å². The number of nitrogens with zero attached hydrogens (tertiary/aromatic N) is 1. The lowest BCUT2D eigenvalue weighted by atomic mass is 10.0. The van der Waals surface area contributed by atoms with Crippen molar-refractivity contribution in [1.82, 2.24) is 4.90 Å². The molecular weight excluding hydrogens is 255 g/mol. The summed E-state index contributed by atoms with van der Waals surface area (Å²) in [6.45, 7) is 5.90. The lowest BCUT2D eigenvalue weighted by Crippen LogP contribution is -2.34. The van der Waals surface area contributed by atoms with Crippen molar-refractivity contribution in [3.63, 3.8) is 0 Å². The zero-order valence-corrected chi connectivity index (χ0v) is 11.7. The van der Waals surface area contributed by atoms with E-state index < -0.39 is 0 Å². The highest BCUT2D eigenvalue weighted by molar-refractivity contribution is 6.35. The Morgan fingerprint density at radius 2 is 2.18 bits per heavy atom. The fourth-order valence-electron chi connectivity index (χ4n) is 2.52. The quantitative estimate of drug-likeness (QED) is 0.911. The second kappa shape index (κ2) is 5.15. The first kappa shape index (κ1) is 13.2. The predicted octanol–water partition coefficient (Wildman–Crippen LogP) is 3.61.